The highest BCUT2D eigenvalue weighted by Gasteiger charge is 2.24. The van der Waals surface area contributed by atoms with Crippen LogP contribution in [0.25, 0.3) is 0 Å². The second-order valence-corrected chi connectivity index (χ2v) is 6.93. The molecule has 0 saturated heterocycles. The van der Waals surface area contributed by atoms with Gasteiger partial charge in [-0.3, -0.25) is 14.9 Å². The molecule has 0 saturated carbocycles. The van der Waals surface area contributed by atoms with Crippen molar-refractivity contribution in [3.8, 4) is 5.75 Å². The first kappa shape index (κ1) is 17.2. The predicted octanol–water partition coefficient (Wildman–Crippen LogP) is 1.33. The lowest BCUT2D eigenvalue weighted by molar-refractivity contribution is -0.385. The van der Waals surface area contributed by atoms with Gasteiger partial charge < -0.3 is 10.5 Å². The van der Waals surface area contributed by atoms with Crippen LogP contribution in [0, 0.1) is 23.0 Å². The summed E-state index contributed by atoms with van der Waals surface area (Å²) in [5.74, 6) is -1.42. The van der Waals surface area contributed by atoms with Gasteiger partial charge in [0.2, 0.25) is 5.91 Å². The number of nitrogens with zero attached hydrogens (tertiary/aromatic N) is 1. The van der Waals surface area contributed by atoms with Gasteiger partial charge in [0.05, 0.1) is 17.4 Å². The Kier molecular flexibility index (Phi) is 5.13. The van der Waals surface area contributed by atoms with Gasteiger partial charge in [-0.2, -0.15) is 0 Å². The van der Waals surface area contributed by atoms with Gasteiger partial charge in [-0.1, -0.05) is 6.92 Å². The molecule has 0 aromatic heterocycles. The minimum atomic E-state index is -4.25. The quantitative estimate of drug-likeness (QED) is 0.474. The van der Waals surface area contributed by atoms with E-state index in [1.54, 1.807) is 0 Å². The lowest BCUT2D eigenvalue weighted by Gasteiger charge is -2.14. The number of hydrogen-bond donors (Lipinski definition) is 1. The third kappa shape index (κ3) is 4.30. The van der Waals surface area contributed by atoms with E-state index in [1.807, 2.05) is 0 Å². The highest BCUT2D eigenvalue weighted by Crippen LogP contribution is 2.34. The molecular formula is C11H13ClN2O6S. The summed E-state index contributed by atoms with van der Waals surface area (Å²) < 4.78 is 28.3. The van der Waals surface area contributed by atoms with E-state index >= 15 is 0 Å². The van der Waals surface area contributed by atoms with Crippen LogP contribution in [0.3, 0.4) is 0 Å². The number of carbonyl (C=O) groups is 1. The standard InChI is InChI=1S/C11H13ClN2O6S/c1-6-3-8(14(16)17)4-9(21(12,18)19)10(6)20-5-7(2)11(13)15/h3-4,7H,5H2,1-2H3,(H2,13,15). The van der Waals surface area contributed by atoms with E-state index in [9.17, 15) is 23.3 Å². The first-order chi connectivity index (χ1) is 9.54. The van der Waals surface area contributed by atoms with E-state index in [-0.39, 0.29) is 17.9 Å². The molecule has 1 atom stereocenters. The smallest absolute Gasteiger partial charge is 0.271 e. The lowest BCUT2D eigenvalue weighted by atomic mass is 10.2. The van der Waals surface area contributed by atoms with Crippen molar-refractivity contribution >= 4 is 31.3 Å². The average molecular weight is 337 g/mol. The largest absolute Gasteiger partial charge is 0.491 e. The summed E-state index contributed by atoms with van der Waals surface area (Å²) in [5, 5.41) is 10.8. The van der Waals surface area contributed by atoms with Gasteiger partial charge >= 0.3 is 0 Å². The second-order valence-electron chi connectivity index (χ2n) is 4.40. The fourth-order valence-corrected chi connectivity index (χ4v) is 2.53. The number of nitro groups is 1. The number of amides is 1. The molecule has 0 fully saturated rings. The summed E-state index contributed by atoms with van der Waals surface area (Å²) >= 11 is 0. The van der Waals surface area contributed by atoms with E-state index in [0.717, 1.165) is 12.1 Å². The molecule has 1 rings (SSSR count). The van der Waals surface area contributed by atoms with Crippen LogP contribution in [0.5, 0.6) is 5.75 Å². The number of nitro benzene ring substituents is 1. The zero-order chi connectivity index (χ0) is 16.4. The summed E-state index contributed by atoms with van der Waals surface area (Å²) in [6.07, 6.45) is 0. The Bertz CT molecular complexity index is 688. The Balaban J connectivity index is 3.30. The molecule has 0 spiro atoms. The van der Waals surface area contributed by atoms with Crippen LogP contribution < -0.4 is 10.5 Å². The number of non-ortho nitro benzene ring substituents is 1. The van der Waals surface area contributed by atoms with Crippen molar-refractivity contribution in [3.05, 3.63) is 27.8 Å². The van der Waals surface area contributed by atoms with Crippen LogP contribution in [-0.4, -0.2) is 25.9 Å². The Morgan fingerprint density at radius 3 is 2.52 bits per heavy atom. The molecule has 0 aliphatic carbocycles. The first-order valence-electron chi connectivity index (χ1n) is 5.70. The summed E-state index contributed by atoms with van der Waals surface area (Å²) in [6, 6.07) is 1.95. The molecule has 8 nitrogen and oxygen atoms in total. The molecule has 0 aliphatic heterocycles. The molecule has 1 aromatic carbocycles. The van der Waals surface area contributed by atoms with Gasteiger partial charge in [0.1, 0.15) is 10.6 Å². The molecule has 116 valence electrons. The van der Waals surface area contributed by atoms with Crippen LogP contribution in [0.4, 0.5) is 5.69 Å². The molecule has 0 radical (unpaired) electrons. The SMILES string of the molecule is Cc1cc([N+](=O)[O-])cc(S(=O)(=O)Cl)c1OCC(C)C(N)=O. The van der Waals surface area contributed by atoms with Crippen molar-refractivity contribution in [2.75, 3.05) is 6.61 Å². The van der Waals surface area contributed by atoms with Gasteiger partial charge in [0, 0.05) is 22.8 Å². The van der Waals surface area contributed by atoms with Crippen molar-refractivity contribution in [3.63, 3.8) is 0 Å². The Morgan fingerprint density at radius 1 is 1.52 bits per heavy atom. The highest BCUT2D eigenvalue weighted by molar-refractivity contribution is 8.13. The Labute approximate surface area is 125 Å². The zero-order valence-corrected chi connectivity index (χ0v) is 12.8. The normalized spacial score (nSPS) is 12.7. The zero-order valence-electron chi connectivity index (χ0n) is 11.2. The topological polar surface area (TPSA) is 130 Å². The van der Waals surface area contributed by atoms with Gasteiger partial charge in [-0.15, -0.1) is 0 Å². The lowest BCUT2D eigenvalue weighted by Crippen LogP contribution is -2.26. The number of rotatable bonds is 6. The van der Waals surface area contributed by atoms with Crippen LogP contribution in [0.2, 0.25) is 0 Å². The highest BCUT2D eigenvalue weighted by atomic mass is 35.7. The van der Waals surface area contributed by atoms with E-state index in [0.29, 0.717) is 0 Å². The monoisotopic (exact) mass is 336 g/mol. The third-order valence-electron chi connectivity index (χ3n) is 2.66. The third-order valence-corrected chi connectivity index (χ3v) is 3.99. The minimum Gasteiger partial charge on any atom is -0.491 e. The van der Waals surface area contributed by atoms with Crippen molar-refractivity contribution < 1.29 is 22.9 Å². The number of nitrogens with two attached hydrogens (primary N) is 1. The summed E-state index contributed by atoms with van der Waals surface area (Å²) in [4.78, 5) is 20.4. The molecule has 1 amide bonds. The molecule has 0 bridgehead atoms. The molecule has 1 unspecified atom stereocenters. The van der Waals surface area contributed by atoms with Gasteiger partial charge in [-0.05, 0) is 12.5 Å². The molecule has 1 aromatic rings. The molecule has 2 N–H and O–H groups in total. The van der Waals surface area contributed by atoms with Gasteiger partial charge in [0.25, 0.3) is 14.7 Å². The second kappa shape index (κ2) is 6.27. The number of aryl methyl sites for hydroxylation is 1. The number of carbonyl (C=O) groups excluding carboxylic acids is 1. The first-order valence-corrected chi connectivity index (χ1v) is 8.00. The van der Waals surface area contributed by atoms with E-state index in [4.69, 9.17) is 21.2 Å². The van der Waals surface area contributed by atoms with Crippen molar-refractivity contribution in [2.45, 2.75) is 18.7 Å². The number of hydrogen-bond acceptors (Lipinski definition) is 6. The summed E-state index contributed by atoms with van der Waals surface area (Å²) in [7, 11) is 1.01. The van der Waals surface area contributed by atoms with E-state index < -0.39 is 36.4 Å². The maximum atomic E-state index is 11.5. The fourth-order valence-electron chi connectivity index (χ4n) is 1.49. The molecule has 21 heavy (non-hydrogen) atoms. The van der Waals surface area contributed by atoms with Crippen LogP contribution in [0.15, 0.2) is 17.0 Å². The van der Waals surface area contributed by atoms with Crippen LogP contribution >= 0.6 is 10.7 Å². The number of benzene rings is 1. The van der Waals surface area contributed by atoms with Gasteiger partial charge in [-0.25, -0.2) is 8.42 Å². The summed E-state index contributed by atoms with van der Waals surface area (Å²) in [6.45, 7) is 2.76. The van der Waals surface area contributed by atoms with Crippen molar-refractivity contribution in [1.82, 2.24) is 0 Å². The summed E-state index contributed by atoms with van der Waals surface area (Å²) in [5.41, 5.74) is 4.85. The maximum Gasteiger partial charge on any atom is 0.271 e. The molecular weight excluding hydrogens is 324 g/mol. The Hall–Kier alpha value is -1.87. The maximum absolute atomic E-state index is 11.5. The van der Waals surface area contributed by atoms with Crippen LogP contribution in [0.1, 0.15) is 12.5 Å². The number of ether oxygens (including phenoxy) is 1. The Morgan fingerprint density at radius 2 is 2.10 bits per heavy atom. The molecule has 10 heteroatoms. The minimum absolute atomic E-state index is 0.135. The van der Waals surface area contributed by atoms with E-state index in [1.165, 1.54) is 13.8 Å². The predicted molar refractivity (Wildman–Crippen MR) is 74.7 cm³/mol. The molecule has 0 aliphatic rings. The van der Waals surface area contributed by atoms with Crippen LogP contribution in [-0.2, 0) is 13.8 Å². The number of halogens is 1. The fraction of sp³-hybridized carbons (Fsp3) is 0.364. The van der Waals surface area contributed by atoms with Crippen molar-refractivity contribution in [2.24, 2.45) is 11.7 Å². The van der Waals surface area contributed by atoms with Crippen molar-refractivity contribution in [1.29, 1.82) is 0 Å². The number of primary amides is 1. The van der Waals surface area contributed by atoms with E-state index in [2.05, 4.69) is 0 Å². The molecule has 0 heterocycles. The van der Waals surface area contributed by atoms with Gasteiger partial charge in [0.15, 0.2) is 0 Å². The average Bonchev–Trinajstić information content (AvgIpc) is 2.34.